The molecular weight excluding hydrogens is 326 g/mol. The highest BCUT2D eigenvalue weighted by atomic mass is 16.4. The van der Waals surface area contributed by atoms with Crippen LogP contribution in [0.4, 0.5) is 5.69 Å². The number of H-pyrrole nitrogens is 1. The number of hydrogen-bond donors (Lipinski definition) is 2. The third-order valence-electron chi connectivity index (χ3n) is 4.49. The summed E-state index contributed by atoms with van der Waals surface area (Å²) in [6, 6.07) is 15.4. The molecule has 0 aliphatic rings. The Bertz CT molecular complexity index is 1080. The molecule has 4 rings (SSSR count). The Morgan fingerprint density at radius 1 is 1.12 bits per heavy atom. The molecule has 0 aliphatic carbocycles. The number of benzene rings is 2. The van der Waals surface area contributed by atoms with Crippen LogP contribution in [0.1, 0.15) is 26.2 Å². The summed E-state index contributed by atoms with van der Waals surface area (Å²) in [6.45, 7) is 3.10. The molecular formula is C21H21N3O2. The van der Waals surface area contributed by atoms with Crippen molar-refractivity contribution in [3.8, 4) is 11.4 Å². The Balaban J connectivity index is 1.67. The van der Waals surface area contributed by atoms with E-state index < -0.39 is 0 Å². The normalized spacial score (nSPS) is 11.3. The molecule has 5 nitrogen and oxygen atoms in total. The van der Waals surface area contributed by atoms with Crippen molar-refractivity contribution in [3.63, 3.8) is 0 Å². The molecule has 5 heteroatoms. The van der Waals surface area contributed by atoms with Crippen molar-refractivity contribution in [2.24, 2.45) is 0 Å². The average Bonchev–Trinajstić information content (AvgIpc) is 3.08. The van der Waals surface area contributed by atoms with Crippen molar-refractivity contribution in [1.29, 1.82) is 0 Å². The predicted molar refractivity (Wildman–Crippen MR) is 106 cm³/mol. The molecule has 0 amide bonds. The van der Waals surface area contributed by atoms with Gasteiger partial charge in [0.2, 0.25) is 0 Å². The highest BCUT2D eigenvalue weighted by Gasteiger charge is 2.12. The second-order valence-electron chi connectivity index (χ2n) is 6.44. The number of hydrogen-bond acceptors (Lipinski definition) is 4. The maximum atomic E-state index is 12.5. The van der Waals surface area contributed by atoms with Crippen LogP contribution in [0.5, 0.6) is 0 Å². The quantitative estimate of drug-likeness (QED) is 0.383. The Kier molecular flexibility index (Phi) is 4.44. The van der Waals surface area contributed by atoms with Crippen LogP contribution in [0.25, 0.3) is 33.4 Å². The van der Waals surface area contributed by atoms with E-state index in [9.17, 15) is 4.79 Å². The summed E-state index contributed by atoms with van der Waals surface area (Å²) in [4.78, 5) is 20.2. The SMILES string of the molecule is CCCCCNc1ccc2cc(-c3nc4ccccc4[nH]3)c(=O)oc2c1. The minimum absolute atomic E-state index is 0.389. The lowest BCUT2D eigenvalue weighted by Crippen LogP contribution is -2.05. The van der Waals surface area contributed by atoms with E-state index in [2.05, 4.69) is 22.2 Å². The zero-order chi connectivity index (χ0) is 17.9. The number of nitrogens with one attached hydrogen (secondary N) is 2. The van der Waals surface area contributed by atoms with Crippen LogP contribution in [-0.4, -0.2) is 16.5 Å². The van der Waals surface area contributed by atoms with Gasteiger partial charge >= 0.3 is 5.63 Å². The number of fused-ring (bicyclic) bond motifs is 2. The molecule has 0 fully saturated rings. The molecule has 0 aliphatic heterocycles. The standard InChI is InChI=1S/C21H21N3O2/c1-2-3-6-11-22-15-10-9-14-12-16(21(25)26-19(14)13-15)20-23-17-7-4-5-8-18(17)24-20/h4-5,7-10,12-13,22H,2-3,6,11H2,1H3,(H,23,24). The molecule has 2 aromatic heterocycles. The lowest BCUT2D eigenvalue weighted by molar-refractivity contribution is 0.563. The van der Waals surface area contributed by atoms with Crippen LogP contribution in [0.2, 0.25) is 0 Å². The molecule has 0 saturated heterocycles. The van der Waals surface area contributed by atoms with Crippen LogP contribution >= 0.6 is 0 Å². The van der Waals surface area contributed by atoms with Gasteiger partial charge < -0.3 is 14.7 Å². The van der Waals surface area contributed by atoms with Gasteiger partial charge in [0.1, 0.15) is 17.0 Å². The number of aromatic nitrogens is 2. The average molecular weight is 347 g/mol. The fraction of sp³-hybridized carbons (Fsp3) is 0.238. The molecule has 0 atom stereocenters. The van der Waals surface area contributed by atoms with Gasteiger partial charge in [0.05, 0.1) is 11.0 Å². The van der Waals surface area contributed by atoms with Gasteiger partial charge in [-0.1, -0.05) is 31.9 Å². The van der Waals surface area contributed by atoms with Crippen molar-refractivity contribution in [2.75, 3.05) is 11.9 Å². The molecule has 2 aromatic carbocycles. The van der Waals surface area contributed by atoms with Crippen LogP contribution in [0, 0.1) is 0 Å². The lowest BCUT2D eigenvalue weighted by atomic mass is 10.1. The van der Waals surface area contributed by atoms with Crippen molar-refractivity contribution in [3.05, 3.63) is 59.0 Å². The van der Waals surface area contributed by atoms with E-state index in [1.807, 2.05) is 48.5 Å². The fourth-order valence-corrected chi connectivity index (χ4v) is 3.07. The number of para-hydroxylation sites is 2. The first kappa shape index (κ1) is 16.4. The van der Waals surface area contributed by atoms with Crippen molar-refractivity contribution in [2.45, 2.75) is 26.2 Å². The van der Waals surface area contributed by atoms with E-state index in [0.29, 0.717) is 17.0 Å². The first-order valence-corrected chi connectivity index (χ1v) is 9.01. The van der Waals surface area contributed by atoms with E-state index in [-0.39, 0.29) is 5.63 Å². The largest absolute Gasteiger partial charge is 0.422 e. The summed E-state index contributed by atoms with van der Waals surface area (Å²) in [5, 5.41) is 4.25. The van der Waals surface area contributed by atoms with Crippen molar-refractivity contribution < 1.29 is 4.42 Å². The van der Waals surface area contributed by atoms with E-state index in [0.717, 1.165) is 35.1 Å². The smallest absolute Gasteiger partial charge is 0.347 e. The Morgan fingerprint density at radius 3 is 2.85 bits per heavy atom. The maximum absolute atomic E-state index is 12.5. The number of rotatable bonds is 6. The summed E-state index contributed by atoms with van der Waals surface area (Å²) < 4.78 is 5.56. The third kappa shape index (κ3) is 3.20. The predicted octanol–water partition coefficient (Wildman–Crippen LogP) is 4.94. The Labute approximate surface area is 151 Å². The summed E-state index contributed by atoms with van der Waals surface area (Å²) in [6.07, 6.45) is 3.53. The molecule has 26 heavy (non-hydrogen) atoms. The fourth-order valence-electron chi connectivity index (χ4n) is 3.07. The number of unbranched alkanes of at least 4 members (excludes halogenated alkanes) is 2. The van der Waals surface area contributed by atoms with E-state index in [4.69, 9.17) is 4.42 Å². The minimum atomic E-state index is -0.389. The van der Waals surface area contributed by atoms with Gasteiger partial charge in [0, 0.05) is 23.7 Å². The van der Waals surface area contributed by atoms with E-state index >= 15 is 0 Å². The van der Waals surface area contributed by atoms with Gasteiger partial charge in [-0.15, -0.1) is 0 Å². The summed E-state index contributed by atoms with van der Waals surface area (Å²) in [7, 11) is 0. The van der Waals surface area contributed by atoms with Crippen LogP contribution in [0.15, 0.2) is 57.7 Å². The monoisotopic (exact) mass is 347 g/mol. The molecule has 4 aromatic rings. The summed E-state index contributed by atoms with van der Waals surface area (Å²) >= 11 is 0. The Hall–Kier alpha value is -3.08. The van der Waals surface area contributed by atoms with Crippen LogP contribution in [-0.2, 0) is 0 Å². The number of aromatic amines is 1. The number of anilines is 1. The van der Waals surface area contributed by atoms with Gasteiger partial charge in [-0.3, -0.25) is 0 Å². The first-order chi connectivity index (χ1) is 12.7. The van der Waals surface area contributed by atoms with Gasteiger partial charge in [0.15, 0.2) is 0 Å². The van der Waals surface area contributed by atoms with E-state index in [1.54, 1.807) is 0 Å². The molecule has 0 unspecified atom stereocenters. The van der Waals surface area contributed by atoms with Crippen molar-refractivity contribution in [1.82, 2.24) is 9.97 Å². The van der Waals surface area contributed by atoms with Gasteiger partial charge in [-0.05, 0) is 36.8 Å². The third-order valence-corrected chi connectivity index (χ3v) is 4.49. The highest BCUT2D eigenvalue weighted by Crippen LogP contribution is 2.23. The number of imidazole rings is 1. The molecule has 132 valence electrons. The molecule has 0 bridgehead atoms. The van der Waals surface area contributed by atoms with Crippen molar-refractivity contribution >= 4 is 27.7 Å². The maximum Gasteiger partial charge on any atom is 0.347 e. The summed E-state index contributed by atoms with van der Waals surface area (Å²) in [5.41, 5.74) is 3.32. The van der Waals surface area contributed by atoms with Crippen LogP contribution < -0.4 is 10.9 Å². The zero-order valence-electron chi connectivity index (χ0n) is 14.7. The molecule has 0 radical (unpaired) electrons. The lowest BCUT2D eigenvalue weighted by Gasteiger charge is -2.07. The topological polar surface area (TPSA) is 70.9 Å². The minimum Gasteiger partial charge on any atom is -0.422 e. The van der Waals surface area contributed by atoms with Gasteiger partial charge in [0.25, 0.3) is 0 Å². The molecule has 2 N–H and O–H groups in total. The van der Waals surface area contributed by atoms with E-state index in [1.165, 1.54) is 12.8 Å². The molecule has 2 heterocycles. The molecule has 0 spiro atoms. The number of nitrogens with zero attached hydrogens (tertiary/aromatic N) is 1. The first-order valence-electron chi connectivity index (χ1n) is 9.01. The summed E-state index contributed by atoms with van der Waals surface area (Å²) in [5.74, 6) is 0.531. The van der Waals surface area contributed by atoms with Gasteiger partial charge in [-0.25, -0.2) is 9.78 Å². The highest BCUT2D eigenvalue weighted by molar-refractivity contribution is 5.85. The second-order valence-corrected chi connectivity index (χ2v) is 6.44. The van der Waals surface area contributed by atoms with Gasteiger partial charge in [-0.2, -0.15) is 0 Å². The zero-order valence-corrected chi connectivity index (χ0v) is 14.7. The van der Waals surface area contributed by atoms with Crippen LogP contribution in [0.3, 0.4) is 0 Å². The molecule has 0 saturated carbocycles. The Morgan fingerprint density at radius 2 is 2.00 bits per heavy atom. The second kappa shape index (κ2) is 7.04.